The smallest absolute Gasteiger partial charge is 0.339 e. The van der Waals surface area contributed by atoms with Crippen LogP contribution in [0.1, 0.15) is 23.6 Å². The molecule has 4 nitrogen and oxygen atoms in total. The summed E-state index contributed by atoms with van der Waals surface area (Å²) in [6, 6.07) is 9.53. The van der Waals surface area contributed by atoms with E-state index in [-0.39, 0.29) is 18.1 Å². The van der Waals surface area contributed by atoms with Crippen molar-refractivity contribution in [1.82, 2.24) is 4.57 Å². The van der Waals surface area contributed by atoms with Gasteiger partial charge >= 0.3 is 5.97 Å². The van der Waals surface area contributed by atoms with Gasteiger partial charge in [-0.15, -0.1) is 0 Å². The molecule has 0 radical (unpaired) electrons. The highest BCUT2D eigenvalue weighted by Gasteiger charge is 2.30. The van der Waals surface area contributed by atoms with E-state index in [1.807, 2.05) is 37.3 Å². The summed E-state index contributed by atoms with van der Waals surface area (Å²) in [5.41, 5.74) is 3.53. The lowest BCUT2D eigenvalue weighted by Gasteiger charge is -2.10. The molecule has 1 aliphatic carbocycles. The van der Waals surface area contributed by atoms with Crippen molar-refractivity contribution < 1.29 is 9.53 Å². The summed E-state index contributed by atoms with van der Waals surface area (Å²) >= 11 is 3.46. The van der Waals surface area contributed by atoms with Crippen molar-refractivity contribution in [1.29, 1.82) is 0 Å². The second kappa shape index (κ2) is 6.16. The van der Waals surface area contributed by atoms with E-state index in [1.165, 1.54) is 4.57 Å². The van der Waals surface area contributed by atoms with E-state index in [2.05, 4.69) is 15.9 Å². The van der Waals surface area contributed by atoms with Crippen LogP contribution in [0, 0.1) is 0 Å². The Balaban J connectivity index is 1.90. The normalized spacial score (nSPS) is 13.2. The quantitative estimate of drug-likeness (QED) is 0.776. The SMILES string of the molecule is CC1=C(C(=O)OCc2ccccc2)c2c(Br)cn(C)c(=O)c2C1. The van der Waals surface area contributed by atoms with Crippen LogP contribution < -0.4 is 5.56 Å². The number of allylic oxidation sites excluding steroid dienone is 1. The number of carbonyl (C=O) groups excluding carboxylic acids is 1. The summed E-state index contributed by atoms with van der Waals surface area (Å²) in [5.74, 6) is -0.390. The van der Waals surface area contributed by atoms with Crippen LogP contribution >= 0.6 is 15.9 Å². The van der Waals surface area contributed by atoms with Gasteiger partial charge in [-0.25, -0.2) is 4.79 Å². The van der Waals surface area contributed by atoms with Gasteiger partial charge in [-0.1, -0.05) is 35.9 Å². The van der Waals surface area contributed by atoms with E-state index < -0.39 is 0 Å². The van der Waals surface area contributed by atoms with E-state index in [9.17, 15) is 9.59 Å². The van der Waals surface area contributed by atoms with Crippen molar-refractivity contribution in [3.63, 3.8) is 0 Å². The van der Waals surface area contributed by atoms with Crippen molar-refractivity contribution in [3.05, 3.63) is 73.6 Å². The summed E-state index contributed by atoms with van der Waals surface area (Å²) in [6.45, 7) is 2.08. The van der Waals surface area contributed by atoms with Crippen molar-refractivity contribution in [2.24, 2.45) is 7.05 Å². The molecule has 0 bridgehead atoms. The van der Waals surface area contributed by atoms with Gasteiger partial charge in [0.2, 0.25) is 0 Å². The monoisotopic (exact) mass is 373 g/mol. The van der Waals surface area contributed by atoms with Crippen LogP contribution in [0.25, 0.3) is 5.57 Å². The zero-order valence-electron chi connectivity index (χ0n) is 12.9. The molecule has 0 N–H and O–H groups in total. The Bertz CT molecular complexity index is 866. The molecule has 0 unspecified atom stereocenters. The maximum Gasteiger partial charge on any atom is 0.339 e. The predicted octanol–water partition coefficient (Wildman–Crippen LogP) is 3.22. The number of aryl methyl sites for hydroxylation is 1. The summed E-state index contributed by atoms with van der Waals surface area (Å²) in [6.07, 6.45) is 2.17. The van der Waals surface area contributed by atoms with E-state index >= 15 is 0 Å². The molecule has 1 aromatic carbocycles. The molecule has 1 aromatic heterocycles. The average molecular weight is 374 g/mol. The molecule has 0 aliphatic heterocycles. The molecule has 1 heterocycles. The number of ether oxygens (including phenoxy) is 1. The standard InChI is InChI=1S/C18H16BrNO3/c1-11-8-13-16(14(19)9-20(2)17(13)21)15(11)18(22)23-10-12-6-4-3-5-7-12/h3-7,9H,8,10H2,1-2H3. The maximum atomic E-state index is 12.5. The van der Waals surface area contributed by atoms with Crippen LogP contribution in [0.2, 0.25) is 0 Å². The highest BCUT2D eigenvalue weighted by atomic mass is 79.9. The number of carbonyl (C=O) groups is 1. The third-order valence-electron chi connectivity index (χ3n) is 3.96. The average Bonchev–Trinajstić information content (AvgIpc) is 2.89. The fraction of sp³-hybridized carbons (Fsp3) is 0.222. The Kier molecular flexibility index (Phi) is 4.22. The fourth-order valence-electron chi connectivity index (χ4n) is 2.83. The lowest BCUT2D eigenvalue weighted by atomic mass is 10.1. The molecule has 2 aromatic rings. The highest BCUT2D eigenvalue weighted by Crippen LogP contribution is 2.36. The van der Waals surface area contributed by atoms with Gasteiger partial charge in [0.25, 0.3) is 5.56 Å². The number of rotatable bonds is 3. The number of hydrogen-bond donors (Lipinski definition) is 0. The predicted molar refractivity (Wildman–Crippen MR) is 91.9 cm³/mol. The second-order valence-electron chi connectivity index (χ2n) is 5.64. The number of fused-ring (bicyclic) bond motifs is 1. The Morgan fingerprint density at radius 3 is 2.70 bits per heavy atom. The van der Waals surface area contributed by atoms with Crippen molar-refractivity contribution in [2.75, 3.05) is 0 Å². The number of hydrogen-bond acceptors (Lipinski definition) is 3. The van der Waals surface area contributed by atoms with Gasteiger partial charge in [0.05, 0.1) is 5.57 Å². The summed E-state index contributed by atoms with van der Waals surface area (Å²) in [4.78, 5) is 24.8. The number of nitrogens with zero attached hydrogens (tertiary/aromatic N) is 1. The molecule has 5 heteroatoms. The minimum absolute atomic E-state index is 0.0755. The topological polar surface area (TPSA) is 48.3 Å². The Hall–Kier alpha value is -2.14. The first kappa shape index (κ1) is 15.7. The highest BCUT2D eigenvalue weighted by molar-refractivity contribution is 9.10. The Morgan fingerprint density at radius 1 is 1.30 bits per heavy atom. The van der Waals surface area contributed by atoms with Crippen LogP contribution in [-0.2, 0) is 29.6 Å². The summed E-state index contributed by atoms with van der Waals surface area (Å²) < 4.78 is 7.69. The molecule has 0 spiro atoms. The third kappa shape index (κ3) is 2.88. The lowest BCUT2D eigenvalue weighted by Crippen LogP contribution is -2.21. The first-order valence-corrected chi connectivity index (χ1v) is 8.07. The fourth-order valence-corrected chi connectivity index (χ4v) is 3.57. The van der Waals surface area contributed by atoms with Gasteiger partial charge in [-0.3, -0.25) is 4.79 Å². The Labute approximate surface area is 142 Å². The molecule has 0 fully saturated rings. The van der Waals surface area contributed by atoms with E-state index in [4.69, 9.17) is 4.74 Å². The third-order valence-corrected chi connectivity index (χ3v) is 4.56. The van der Waals surface area contributed by atoms with Crippen LogP contribution in [-0.4, -0.2) is 10.5 Å². The van der Waals surface area contributed by atoms with Crippen LogP contribution in [0.3, 0.4) is 0 Å². The molecule has 1 aliphatic rings. The molecule has 0 atom stereocenters. The largest absolute Gasteiger partial charge is 0.457 e. The molecule has 0 saturated carbocycles. The molecule has 118 valence electrons. The summed E-state index contributed by atoms with van der Waals surface area (Å²) in [5, 5.41) is 0. The van der Waals surface area contributed by atoms with Gasteiger partial charge in [-0.2, -0.15) is 0 Å². The minimum Gasteiger partial charge on any atom is -0.457 e. The van der Waals surface area contributed by atoms with Crippen LogP contribution in [0.15, 0.2) is 51.4 Å². The molecular weight excluding hydrogens is 358 g/mol. The van der Waals surface area contributed by atoms with E-state index in [1.54, 1.807) is 13.2 Å². The molecule has 0 saturated heterocycles. The minimum atomic E-state index is -0.390. The molecule has 0 amide bonds. The van der Waals surface area contributed by atoms with Gasteiger partial charge in [0, 0.05) is 35.3 Å². The van der Waals surface area contributed by atoms with Gasteiger partial charge in [0.1, 0.15) is 6.61 Å². The number of benzene rings is 1. The number of pyridine rings is 1. The van der Waals surface area contributed by atoms with Crippen molar-refractivity contribution in [2.45, 2.75) is 20.0 Å². The molecular formula is C18H16BrNO3. The number of halogens is 1. The first-order chi connectivity index (χ1) is 11.0. The van der Waals surface area contributed by atoms with Crippen molar-refractivity contribution >= 4 is 27.5 Å². The zero-order chi connectivity index (χ0) is 16.6. The van der Waals surface area contributed by atoms with Crippen LogP contribution in [0.4, 0.5) is 0 Å². The lowest BCUT2D eigenvalue weighted by molar-refractivity contribution is -0.137. The number of aromatic nitrogens is 1. The molecule has 3 rings (SSSR count). The van der Waals surface area contributed by atoms with E-state index in [0.29, 0.717) is 23.1 Å². The Morgan fingerprint density at radius 2 is 2.00 bits per heavy atom. The van der Waals surface area contributed by atoms with E-state index in [0.717, 1.165) is 15.6 Å². The van der Waals surface area contributed by atoms with Crippen molar-refractivity contribution in [3.8, 4) is 0 Å². The first-order valence-electron chi connectivity index (χ1n) is 7.28. The van der Waals surface area contributed by atoms with Gasteiger partial charge < -0.3 is 9.30 Å². The zero-order valence-corrected chi connectivity index (χ0v) is 14.5. The van der Waals surface area contributed by atoms with Gasteiger partial charge in [0.15, 0.2) is 0 Å². The van der Waals surface area contributed by atoms with Gasteiger partial charge in [-0.05, 0) is 28.4 Å². The molecule has 23 heavy (non-hydrogen) atoms. The number of esters is 1. The van der Waals surface area contributed by atoms with Crippen LogP contribution in [0.5, 0.6) is 0 Å². The summed E-state index contributed by atoms with van der Waals surface area (Å²) in [7, 11) is 1.70. The maximum absolute atomic E-state index is 12.5. The second-order valence-corrected chi connectivity index (χ2v) is 6.49.